The number of alkyl halides is 1. The quantitative estimate of drug-likeness (QED) is 0.101. The number of oxime groups is 1. The van der Waals surface area contributed by atoms with Gasteiger partial charge in [-0.05, 0) is 80.1 Å². The number of fused-ring (bicyclic) bond motifs is 1. The van der Waals surface area contributed by atoms with Crippen molar-refractivity contribution in [3.8, 4) is 10.7 Å². The summed E-state index contributed by atoms with van der Waals surface area (Å²) >= 11 is 1.18. The van der Waals surface area contributed by atoms with Crippen LogP contribution in [0.1, 0.15) is 92.7 Å². The number of nitrogens with zero attached hydrogens (tertiary/aromatic N) is 5. The Morgan fingerprint density at radius 1 is 1.11 bits per heavy atom. The number of Topliss-reactive ketones (excluding diaryl/α,β-unsaturated/α-hetero) is 2. The predicted octanol–water partition coefficient (Wildman–Crippen LogP) is 3.80. The SMILES string of the molecule is CC[C@@H]1OC(=O)[C@@](C)(F)C(=O)[C@H](C)[C@@H](OC2O[C@H](C)C[C@H](N(C)C)[C@H]2O)[C@](C)(OC)C[C@@H](C)C(=O)[C@H](C)[C@H]2[C@H](/C(N)=N/O[C@H](C)c3nnc(-c4cccc(N)n4)s3)C(=O)O[C@@]21C. The third-order valence-corrected chi connectivity index (χ3v) is 13.9. The summed E-state index contributed by atoms with van der Waals surface area (Å²) in [5.74, 6) is -9.85. The minimum absolute atomic E-state index is 0.0173. The zero-order chi connectivity index (χ0) is 46.2. The largest absolute Gasteiger partial charge is 0.455 e. The first-order valence-electron chi connectivity index (χ1n) is 20.9. The van der Waals surface area contributed by atoms with E-state index in [-0.39, 0.29) is 30.6 Å². The predicted molar refractivity (Wildman–Crippen MR) is 225 cm³/mol. The summed E-state index contributed by atoms with van der Waals surface area (Å²) in [6.07, 6.45) is -6.02. The summed E-state index contributed by atoms with van der Waals surface area (Å²) in [5, 5.41) is 24.8. The fourth-order valence-corrected chi connectivity index (χ4v) is 10.1. The number of nitrogen functional groups attached to an aromatic ring is 1. The summed E-state index contributed by atoms with van der Waals surface area (Å²) in [6.45, 7) is 13.7. The van der Waals surface area contributed by atoms with Gasteiger partial charge >= 0.3 is 11.9 Å². The van der Waals surface area contributed by atoms with E-state index in [1.54, 1.807) is 66.9 Å². The fourth-order valence-electron chi connectivity index (χ4n) is 9.26. The summed E-state index contributed by atoms with van der Waals surface area (Å²) in [7, 11) is 4.97. The lowest BCUT2D eigenvalue weighted by atomic mass is 9.67. The first-order valence-corrected chi connectivity index (χ1v) is 21.7. The molecule has 5 N–H and O–H groups in total. The molecule has 18 nitrogen and oxygen atoms in total. The van der Waals surface area contributed by atoms with Gasteiger partial charge in [-0.3, -0.25) is 14.4 Å². The average Bonchev–Trinajstić information content (AvgIpc) is 3.82. The van der Waals surface area contributed by atoms with E-state index in [2.05, 4.69) is 20.3 Å². The molecule has 0 bridgehead atoms. The van der Waals surface area contributed by atoms with E-state index in [0.29, 0.717) is 27.9 Å². The van der Waals surface area contributed by atoms with E-state index in [0.717, 1.165) is 6.92 Å². The molecule has 0 saturated carbocycles. The van der Waals surface area contributed by atoms with Crippen molar-refractivity contribution in [2.24, 2.45) is 40.5 Å². The summed E-state index contributed by atoms with van der Waals surface area (Å²) in [5.41, 5.74) is 6.35. The van der Waals surface area contributed by atoms with Gasteiger partial charge in [0.1, 0.15) is 35.4 Å². The number of carbonyl (C=O) groups excluding carboxylic acids is 4. The van der Waals surface area contributed by atoms with Gasteiger partial charge in [-0.25, -0.2) is 14.2 Å². The molecule has 3 saturated heterocycles. The maximum Gasteiger partial charge on any atom is 0.351 e. The third-order valence-electron chi connectivity index (χ3n) is 12.8. The molecule has 344 valence electrons. The Morgan fingerprint density at radius 2 is 1.79 bits per heavy atom. The van der Waals surface area contributed by atoms with Crippen LogP contribution in [0.3, 0.4) is 0 Å². The molecule has 5 rings (SSSR count). The molecule has 3 fully saturated rings. The smallest absolute Gasteiger partial charge is 0.351 e. The number of carbonyl (C=O) groups is 4. The van der Waals surface area contributed by atoms with Gasteiger partial charge in [0.15, 0.2) is 39.6 Å². The number of pyridine rings is 1. The monoisotopic (exact) mass is 891 g/mol. The lowest BCUT2D eigenvalue weighted by Gasteiger charge is -2.47. The number of cyclic esters (lactones) is 1. The van der Waals surface area contributed by atoms with Crippen molar-refractivity contribution >= 4 is 46.5 Å². The molecule has 2 aromatic rings. The number of ketones is 2. The van der Waals surface area contributed by atoms with Crippen LogP contribution in [-0.2, 0) is 47.7 Å². The molecule has 3 aliphatic rings. The van der Waals surface area contributed by atoms with Gasteiger partial charge in [0, 0.05) is 36.8 Å². The number of aromatic nitrogens is 3. The van der Waals surface area contributed by atoms with Gasteiger partial charge in [-0.1, -0.05) is 50.3 Å². The maximum absolute atomic E-state index is 17.0. The molecular weight excluding hydrogens is 830 g/mol. The number of amidine groups is 1. The Hall–Kier alpha value is -4.21. The van der Waals surface area contributed by atoms with Crippen molar-refractivity contribution in [2.75, 3.05) is 26.9 Å². The van der Waals surface area contributed by atoms with Crippen molar-refractivity contribution in [2.45, 2.75) is 141 Å². The van der Waals surface area contributed by atoms with Crippen molar-refractivity contribution in [3.63, 3.8) is 0 Å². The molecule has 0 aromatic carbocycles. The molecule has 5 heterocycles. The molecule has 3 aliphatic heterocycles. The number of rotatable bonds is 10. The molecule has 0 spiro atoms. The van der Waals surface area contributed by atoms with E-state index >= 15 is 4.39 Å². The van der Waals surface area contributed by atoms with Crippen LogP contribution in [0.2, 0.25) is 0 Å². The molecule has 15 atom stereocenters. The fraction of sp³-hybridized carbons (Fsp3) is 0.714. The normalized spacial score (nSPS) is 38.2. The number of likely N-dealkylation sites (N-methyl/N-ethyl adjacent to an activating group) is 1. The van der Waals surface area contributed by atoms with Crippen LogP contribution in [0, 0.1) is 29.6 Å². The van der Waals surface area contributed by atoms with Gasteiger partial charge in [0.25, 0.3) is 5.67 Å². The highest BCUT2D eigenvalue weighted by Gasteiger charge is 2.63. The first-order chi connectivity index (χ1) is 28.9. The van der Waals surface area contributed by atoms with E-state index < -0.39 is 101 Å². The van der Waals surface area contributed by atoms with Crippen LogP contribution in [0.5, 0.6) is 0 Å². The summed E-state index contributed by atoms with van der Waals surface area (Å²) in [4.78, 5) is 68.9. The van der Waals surface area contributed by atoms with E-state index in [9.17, 15) is 24.3 Å². The van der Waals surface area contributed by atoms with Gasteiger partial charge in [-0.2, -0.15) is 0 Å². The van der Waals surface area contributed by atoms with Crippen molar-refractivity contribution < 1.29 is 57.2 Å². The number of ether oxygens (including phenoxy) is 5. The Labute approximate surface area is 365 Å². The zero-order valence-corrected chi connectivity index (χ0v) is 38.3. The number of halogens is 1. The molecule has 0 radical (unpaired) electrons. The zero-order valence-electron chi connectivity index (χ0n) is 37.5. The van der Waals surface area contributed by atoms with E-state index in [1.165, 1.54) is 32.3 Å². The number of nitrogens with two attached hydrogens (primary N) is 2. The molecule has 20 heteroatoms. The van der Waals surface area contributed by atoms with Crippen LogP contribution in [0.25, 0.3) is 10.7 Å². The standard InChI is InChI=1S/C42H62FN7O11S/c1-13-26-42(9)29(28(37(54)60-42)34(45)49-61-23(6)35-47-48-36(62-35)24-15-14-16-27(44)46-24)21(4)30(51)19(2)18-40(7,56-12)33(22(5)32(53)41(8,43)39(55)58-26)59-38-31(52)25(50(10)11)17-20(3)57-38/h14-16,19-23,25-26,28-29,31,33,38,52H,13,17-18H2,1-12H3,(H2,44,46)(H2,45,49)/t19-,20-,21-,22+,23-,25+,26+,28-,29+,31-,33-,38?,40-,41+,42-/m1/s1. The average molecular weight is 892 g/mol. The van der Waals surface area contributed by atoms with Crippen molar-refractivity contribution in [3.05, 3.63) is 23.2 Å². The van der Waals surface area contributed by atoms with Crippen LogP contribution in [0.4, 0.5) is 10.2 Å². The van der Waals surface area contributed by atoms with E-state index in [4.69, 9.17) is 40.0 Å². The minimum atomic E-state index is -3.25. The van der Waals surface area contributed by atoms with Gasteiger partial charge in [-0.15, -0.1) is 10.2 Å². The Kier molecular flexibility index (Phi) is 14.9. The molecule has 62 heavy (non-hydrogen) atoms. The molecular formula is C42H62FN7O11S. The second-order valence-electron chi connectivity index (χ2n) is 17.7. The van der Waals surface area contributed by atoms with Crippen LogP contribution in [0.15, 0.2) is 23.4 Å². The Bertz CT molecular complexity index is 2000. The number of aliphatic hydroxyl groups is 1. The first kappa shape index (κ1) is 48.8. The Morgan fingerprint density at radius 3 is 2.40 bits per heavy atom. The second-order valence-corrected chi connectivity index (χ2v) is 18.7. The van der Waals surface area contributed by atoms with Crippen LogP contribution in [-0.4, -0.2) is 129 Å². The number of hydrogen-bond acceptors (Lipinski definition) is 18. The highest BCUT2D eigenvalue weighted by molar-refractivity contribution is 7.14. The molecule has 0 amide bonds. The molecule has 1 unspecified atom stereocenters. The van der Waals surface area contributed by atoms with Crippen LogP contribution >= 0.6 is 11.3 Å². The topological polar surface area (TPSA) is 250 Å². The summed E-state index contributed by atoms with van der Waals surface area (Å²) < 4.78 is 47.4. The van der Waals surface area contributed by atoms with Crippen molar-refractivity contribution in [1.82, 2.24) is 20.1 Å². The minimum Gasteiger partial charge on any atom is -0.455 e. The van der Waals surface area contributed by atoms with Gasteiger partial charge < -0.3 is 50.0 Å². The molecule has 0 aliphatic carbocycles. The lowest BCUT2D eigenvalue weighted by Crippen LogP contribution is -2.61. The number of aliphatic hydroxyl groups excluding tert-OH is 1. The second kappa shape index (κ2) is 18.9. The number of anilines is 1. The van der Waals surface area contributed by atoms with Gasteiger partial charge in [0.05, 0.1) is 17.8 Å². The number of methoxy groups -OCH3 is 1. The number of hydrogen-bond donors (Lipinski definition) is 3. The third kappa shape index (κ3) is 9.50. The lowest BCUT2D eigenvalue weighted by molar-refractivity contribution is -0.295. The van der Waals surface area contributed by atoms with Crippen molar-refractivity contribution in [1.29, 1.82) is 0 Å². The number of esters is 2. The van der Waals surface area contributed by atoms with E-state index in [1.807, 2.05) is 11.8 Å². The van der Waals surface area contributed by atoms with Crippen LogP contribution < -0.4 is 11.5 Å². The Balaban J connectivity index is 1.53. The highest BCUT2D eigenvalue weighted by Crippen LogP contribution is 2.48. The molecule has 2 aromatic heterocycles. The highest BCUT2D eigenvalue weighted by atomic mass is 32.1. The summed E-state index contributed by atoms with van der Waals surface area (Å²) in [6, 6.07) is 4.71. The van der Waals surface area contributed by atoms with Gasteiger partial charge in [0.2, 0.25) is 0 Å². The maximum atomic E-state index is 17.0.